The largest absolute Gasteiger partial charge is 0.378 e. The number of anilines is 4. The van der Waals surface area contributed by atoms with Crippen molar-refractivity contribution in [3.63, 3.8) is 0 Å². The van der Waals surface area contributed by atoms with Gasteiger partial charge >= 0.3 is 0 Å². The van der Waals surface area contributed by atoms with Crippen LogP contribution in [-0.2, 0) is 4.74 Å². The Morgan fingerprint density at radius 1 is 1.00 bits per heavy atom. The smallest absolute Gasteiger partial charge is 0.255 e. The van der Waals surface area contributed by atoms with E-state index >= 15 is 0 Å². The van der Waals surface area contributed by atoms with Gasteiger partial charge in [-0.2, -0.15) is 0 Å². The van der Waals surface area contributed by atoms with Crippen LogP contribution < -0.4 is 15.5 Å². The molecule has 2 aromatic heterocycles. The van der Waals surface area contributed by atoms with Crippen LogP contribution in [0.25, 0.3) is 5.69 Å². The summed E-state index contributed by atoms with van der Waals surface area (Å²) in [6, 6.07) is 16.5. The van der Waals surface area contributed by atoms with Crippen molar-refractivity contribution in [2.45, 2.75) is 6.92 Å². The Labute approximate surface area is 195 Å². The van der Waals surface area contributed by atoms with Crippen LogP contribution in [0.2, 0.25) is 0 Å². The van der Waals surface area contributed by atoms with Crippen molar-refractivity contribution >= 4 is 28.9 Å². The Morgan fingerprint density at radius 2 is 1.79 bits per heavy atom. The van der Waals surface area contributed by atoms with Crippen LogP contribution >= 0.6 is 0 Å². The molecule has 3 heterocycles. The highest BCUT2D eigenvalue weighted by atomic mass is 16.5. The van der Waals surface area contributed by atoms with Gasteiger partial charge in [0.05, 0.1) is 18.9 Å². The molecule has 1 aliphatic rings. The van der Waals surface area contributed by atoms with Gasteiger partial charge in [0.1, 0.15) is 23.8 Å². The zero-order valence-corrected chi connectivity index (χ0v) is 18.5. The topological polar surface area (TPSA) is 123 Å². The lowest BCUT2D eigenvalue weighted by Gasteiger charge is -2.28. The number of nitrogens with one attached hydrogen (secondary N) is 2. The van der Waals surface area contributed by atoms with E-state index in [0.717, 1.165) is 24.6 Å². The van der Waals surface area contributed by atoms with Gasteiger partial charge in [0.25, 0.3) is 5.91 Å². The first-order valence-electron chi connectivity index (χ1n) is 10.8. The molecule has 0 aliphatic carbocycles. The Kier molecular flexibility index (Phi) is 6.08. The molecule has 1 saturated heterocycles. The summed E-state index contributed by atoms with van der Waals surface area (Å²) in [5.74, 6) is 2.06. The highest BCUT2D eigenvalue weighted by Crippen LogP contribution is 2.22. The van der Waals surface area contributed by atoms with E-state index in [2.05, 4.69) is 41.0 Å². The fraction of sp³-hybridized carbons (Fsp3) is 0.217. The summed E-state index contributed by atoms with van der Waals surface area (Å²) in [4.78, 5) is 24.0. The first-order valence-corrected chi connectivity index (χ1v) is 10.8. The normalized spacial score (nSPS) is 13.5. The van der Waals surface area contributed by atoms with Crippen molar-refractivity contribution in [2.24, 2.45) is 0 Å². The van der Waals surface area contributed by atoms with E-state index in [0.29, 0.717) is 41.8 Å². The van der Waals surface area contributed by atoms with Crippen LogP contribution in [0.3, 0.4) is 0 Å². The van der Waals surface area contributed by atoms with E-state index in [-0.39, 0.29) is 5.91 Å². The van der Waals surface area contributed by atoms with Gasteiger partial charge < -0.3 is 20.3 Å². The summed E-state index contributed by atoms with van der Waals surface area (Å²) in [5, 5.41) is 17.3. The fourth-order valence-electron chi connectivity index (χ4n) is 3.63. The van der Waals surface area contributed by atoms with E-state index in [1.165, 1.54) is 11.0 Å². The van der Waals surface area contributed by atoms with Gasteiger partial charge in [0.15, 0.2) is 0 Å². The molecule has 1 amide bonds. The highest BCUT2D eigenvalue weighted by Gasteiger charge is 2.14. The average Bonchev–Trinajstić information content (AvgIpc) is 3.41. The molecule has 1 aliphatic heterocycles. The van der Waals surface area contributed by atoms with Gasteiger partial charge in [-0.05, 0) is 59.8 Å². The minimum atomic E-state index is -0.225. The number of morpholine rings is 1. The monoisotopic (exact) mass is 457 g/mol. The summed E-state index contributed by atoms with van der Waals surface area (Å²) < 4.78 is 6.92. The molecule has 1 fully saturated rings. The Bertz CT molecular complexity index is 1270. The van der Waals surface area contributed by atoms with Crippen LogP contribution in [0.4, 0.5) is 23.0 Å². The second kappa shape index (κ2) is 9.63. The number of nitrogens with zero attached hydrogens (tertiary/aromatic N) is 7. The number of aryl methyl sites for hydroxylation is 1. The summed E-state index contributed by atoms with van der Waals surface area (Å²) in [6.45, 7) is 4.88. The molecule has 0 saturated carbocycles. The zero-order chi connectivity index (χ0) is 23.3. The second-order valence-electron chi connectivity index (χ2n) is 7.72. The number of tetrazole rings is 1. The third-order valence-corrected chi connectivity index (χ3v) is 5.30. The summed E-state index contributed by atoms with van der Waals surface area (Å²) in [6.07, 6.45) is 1.48. The molecule has 5 rings (SSSR count). The molecule has 4 aromatic rings. The molecule has 11 nitrogen and oxygen atoms in total. The fourth-order valence-corrected chi connectivity index (χ4v) is 3.63. The molecule has 0 radical (unpaired) electrons. The first-order chi connectivity index (χ1) is 16.6. The van der Waals surface area contributed by atoms with Gasteiger partial charge in [0.2, 0.25) is 0 Å². The van der Waals surface area contributed by atoms with Crippen molar-refractivity contribution in [3.8, 4) is 5.69 Å². The van der Waals surface area contributed by atoms with E-state index in [9.17, 15) is 4.79 Å². The highest BCUT2D eigenvalue weighted by molar-refractivity contribution is 6.04. The molecule has 0 bridgehead atoms. The number of aromatic nitrogens is 6. The third-order valence-electron chi connectivity index (χ3n) is 5.30. The lowest BCUT2D eigenvalue weighted by molar-refractivity contribution is 0.102. The number of ether oxygens (including phenoxy) is 1. The summed E-state index contributed by atoms with van der Waals surface area (Å²) >= 11 is 0. The predicted molar refractivity (Wildman–Crippen MR) is 127 cm³/mol. The van der Waals surface area contributed by atoms with Crippen molar-refractivity contribution < 1.29 is 9.53 Å². The molecule has 2 aromatic carbocycles. The maximum absolute atomic E-state index is 12.7. The Hall–Kier alpha value is -4.38. The molecule has 11 heteroatoms. The first kappa shape index (κ1) is 21.5. The van der Waals surface area contributed by atoms with E-state index in [1.54, 1.807) is 18.2 Å². The quantitative estimate of drug-likeness (QED) is 0.450. The number of carbonyl (C=O) groups is 1. The number of hydrogen-bond donors (Lipinski definition) is 2. The summed E-state index contributed by atoms with van der Waals surface area (Å²) in [7, 11) is 0. The Balaban J connectivity index is 1.25. The molecular formula is C23H23N9O2. The average molecular weight is 457 g/mol. The lowest BCUT2D eigenvalue weighted by atomic mass is 10.2. The molecule has 34 heavy (non-hydrogen) atoms. The van der Waals surface area contributed by atoms with Crippen LogP contribution in [0.15, 0.2) is 60.9 Å². The molecule has 0 unspecified atom stereocenters. The molecule has 0 spiro atoms. The zero-order valence-electron chi connectivity index (χ0n) is 18.5. The van der Waals surface area contributed by atoms with Gasteiger partial charge in [-0.1, -0.05) is 6.07 Å². The second-order valence-corrected chi connectivity index (χ2v) is 7.72. The van der Waals surface area contributed by atoms with E-state index in [4.69, 9.17) is 4.74 Å². The van der Waals surface area contributed by atoms with Crippen LogP contribution in [0, 0.1) is 6.92 Å². The number of hydrogen-bond acceptors (Lipinski definition) is 9. The number of benzene rings is 2. The Morgan fingerprint density at radius 3 is 2.56 bits per heavy atom. The van der Waals surface area contributed by atoms with Crippen molar-refractivity contribution in [1.29, 1.82) is 0 Å². The molecular weight excluding hydrogens is 434 g/mol. The maximum atomic E-state index is 12.7. The maximum Gasteiger partial charge on any atom is 0.255 e. The van der Waals surface area contributed by atoms with Crippen LogP contribution in [0.1, 0.15) is 16.2 Å². The van der Waals surface area contributed by atoms with Crippen molar-refractivity contribution in [1.82, 2.24) is 30.2 Å². The standard InChI is InChI=1S/C23H23N9O2/c1-16-25-21(14-22(26-16)31-9-11-34-12-10-31)27-18-5-7-19(8-6-18)28-23(33)17-3-2-4-20(13-17)32-15-24-29-30-32/h2-8,13-15H,9-12H2,1H3,(H,28,33)(H,25,26,27). The van der Waals surface area contributed by atoms with Crippen molar-refractivity contribution in [3.05, 3.63) is 72.3 Å². The SMILES string of the molecule is Cc1nc(Nc2ccc(NC(=O)c3cccc(-n4cnnn4)c3)cc2)cc(N2CCOCC2)n1. The van der Waals surface area contributed by atoms with Gasteiger partial charge in [-0.25, -0.2) is 14.6 Å². The number of carbonyl (C=O) groups excluding carboxylic acids is 1. The van der Waals surface area contributed by atoms with Gasteiger partial charge in [-0.15, -0.1) is 5.10 Å². The van der Waals surface area contributed by atoms with E-state index < -0.39 is 0 Å². The predicted octanol–water partition coefficient (Wildman–Crippen LogP) is 2.59. The van der Waals surface area contributed by atoms with Gasteiger partial charge in [-0.3, -0.25) is 4.79 Å². The van der Waals surface area contributed by atoms with Crippen molar-refractivity contribution in [2.75, 3.05) is 41.8 Å². The van der Waals surface area contributed by atoms with Crippen LogP contribution in [-0.4, -0.2) is 62.4 Å². The number of amides is 1. The molecule has 0 atom stereocenters. The van der Waals surface area contributed by atoms with E-state index in [1.807, 2.05) is 43.3 Å². The molecule has 172 valence electrons. The van der Waals surface area contributed by atoms with Gasteiger partial charge in [0, 0.05) is 36.1 Å². The third kappa shape index (κ3) is 4.99. The lowest BCUT2D eigenvalue weighted by Crippen LogP contribution is -2.36. The number of rotatable bonds is 6. The molecule has 2 N–H and O–H groups in total. The summed E-state index contributed by atoms with van der Waals surface area (Å²) in [5.41, 5.74) is 2.73. The minimum Gasteiger partial charge on any atom is -0.378 e. The van der Waals surface area contributed by atoms with Crippen LogP contribution in [0.5, 0.6) is 0 Å². The minimum absolute atomic E-state index is 0.225.